The second-order valence-corrected chi connectivity index (χ2v) is 11.1. The van der Waals surface area contributed by atoms with Gasteiger partial charge in [-0.2, -0.15) is 0 Å². The van der Waals surface area contributed by atoms with Crippen molar-refractivity contribution < 1.29 is 5.11 Å². The predicted molar refractivity (Wildman–Crippen MR) is 60.7 cm³/mol. The first kappa shape index (κ1) is 11.3. The first-order valence-corrected chi connectivity index (χ1v) is 9.22. The Bertz CT molecular complexity index is 162. The van der Waals surface area contributed by atoms with Crippen molar-refractivity contribution in [1.29, 1.82) is 0 Å². The summed E-state index contributed by atoms with van der Waals surface area (Å²) in [6.07, 6.45) is 4.75. The predicted octanol–water partition coefficient (Wildman–Crippen LogP) is 3.27. The molecule has 0 aliphatic heterocycles. The Morgan fingerprint density at radius 2 is 2.00 bits per heavy atom. The van der Waals surface area contributed by atoms with Crippen molar-refractivity contribution >= 4 is 8.07 Å². The Kier molecular flexibility index (Phi) is 3.58. The highest BCUT2D eigenvalue weighted by molar-refractivity contribution is 6.78. The molecule has 78 valence electrons. The van der Waals surface area contributed by atoms with Gasteiger partial charge in [-0.25, -0.2) is 0 Å². The van der Waals surface area contributed by atoms with Crippen LogP contribution in [0, 0.1) is 5.92 Å². The molecule has 2 heteroatoms. The van der Waals surface area contributed by atoms with Gasteiger partial charge in [0.2, 0.25) is 0 Å². The number of aliphatic hydroxyl groups is 1. The van der Waals surface area contributed by atoms with Crippen LogP contribution in [0.4, 0.5) is 0 Å². The van der Waals surface area contributed by atoms with Gasteiger partial charge in [-0.1, -0.05) is 39.4 Å². The van der Waals surface area contributed by atoms with Crippen molar-refractivity contribution in [1.82, 2.24) is 0 Å². The molecule has 0 aromatic rings. The topological polar surface area (TPSA) is 20.2 Å². The average Bonchev–Trinajstić information content (AvgIpc) is 2.77. The number of aliphatic hydroxyl groups excluding tert-OH is 1. The molecular formula is C11H24OSi. The van der Waals surface area contributed by atoms with E-state index in [4.69, 9.17) is 0 Å². The minimum Gasteiger partial charge on any atom is -0.393 e. The maximum Gasteiger partial charge on any atom is 0.0568 e. The third kappa shape index (κ3) is 3.10. The van der Waals surface area contributed by atoms with E-state index in [0.29, 0.717) is 5.92 Å². The van der Waals surface area contributed by atoms with Gasteiger partial charge in [0.1, 0.15) is 0 Å². The molecule has 0 unspecified atom stereocenters. The van der Waals surface area contributed by atoms with Crippen LogP contribution in [0.2, 0.25) is 25.2 Å². The number of hydrogen-bond acceptors (Lipinski definition) is 1. The van der Waals surface area contributed by atoms with Crippen LogP contribution < -0.4 is 0 Å². The van der Waals surface area contributed by atoms with Crippen molar-refractivity contribution in [3.63, 3.8) is 0 Å². The van der Waals surface area contributed by atoms with Crippen molar-refractivity contribution in [2.45, 2.75) is 63.9 Å². The molecule has 0 bridgehead atoms. The zero-order valence-corrected chi connectivity index (χ0v) is 10.5. The number of unbranched alkanes of at least 4 members (excludes halogenated alkanes) is 1. The molecule has 1 saturated carbocycles. The van der Waals surface area contributed by atoms with Crippen LogP contribution in [0.3, 0.4) is 0 Å². The summed E-state index contributed by atoms with van der Waals surface area (Å²) >= 11 is 0. The average molecular weight is 200 g/mol. The van der Waals surface area contributed by atoms with Crippen molar-refractivity contribution in [3.05, 3.63) is 0 Å². The summed E-state index contributed by atoms with van der Waals surface area (Å²) in [5.41, 5.74) is 0.902. The third-order valence-corrected chi connectivity index (χ3v) is 6.19. The van der Waals surface area contributed by atoms with E-state index >= 15 is 0 Å². The van der Waals surface area contributed by atoms with Gasteiger partial charge >= 0.3 is 0 Å². The lowest BCUT2D eigenvalue weighted by Gasteiger charge is -2.17. The van der Waals surface area contributed by atoms with Gasteiger partial charge in [-0.15, -0.1) is 0 Å². The standard InChI is InChI=1S/C11H24OSi/c1-5-6-7-10(12)9-8-11(9)13(2,3)4/h9-12H,5-8H2,1-4H3/t9-,10+,11+/m0/s1. The second-order valence-electron chi connectivity index (χ2n) is 5.58. The normalized spacial score (nSPS) is 30.2. The molecule has 0 radical (unpaired) electrons. The highest BCUT2D eigenvalue weighted by Crippen LogP contribution is 2.54. The molecule has 1 aliphatic carbocycles. The Hall–Kier alpha value is 0.177. The van der Waals surface area contributed by atoms with Crippen LogP contribution in [0.5, 0.6) is 0 Å². The molecule has 0 heterocycles. The summed E-state index contributed by atoms with van der Waals surface area (Å²) in [7, 11) is -0.949. The van der Waals surface area contributed by atoms with Gasteiger partial charge in [0, 0.05) is 8.07 Å². The molecule has 1 N–H and O–H groups in total. The maximum atomic E-state index is 9.88. The van der Waals surface area contributed by atoms with Gasteiger partial charge in [0.25, 0.3) is 0 Å². The first-order valence-electron chi connectivity index (χ1n) is 5.65. The molecule has 0 amide bonds. The molecule has 13 heavy (non-hydrogen) atoms. The smallest absolute Gasteiger partial charge is 0.0568 e. The highest BCUT2D eigenvalue weighted by atomic mass is 28.3. The summed E-state index contributed by atoms with van der Waals surface area (Å²) < 4.78 is 0. The molecule has 1 nitrogen and oxygen atoms in total. The maximum absolute atomic E-state index is 9.88. The summed E-state index contributed by atoms with van der Waals surface area (Å²) in [5.74, 6) is 0.665. The van der Waals surface area contributed by atoms with Crippen molar-refractivity contribution in [3.8, 4) is 0 Å². The Morgan fingerprint density at radius 3 is 2.38 bits per heavy atom. The van der Waals surface area contributed by atoms with Gasteiger partial charge in [0.15, 0.2) is 0 Å². The van der Waals surface area contributed by atoms with E-state index in [-0.39, 0.29) is 6.10 Å². The summed E-state index contributed by atoms with van der Waals surface area (Å²) in [4.78, 5) is 0. The van der Waals surface area contributed by atoms with Crippen LogP contribution in [0.1, 0.15) is 32.6 Å². The van der Waals surface area contributed by atoms with Crippen LogP contribution in [-0.2, 0) is 0 Å². The Balaban J connectivity index is 2.25. The molecule has 0 aromatic carbocycles. The summed E-state index contributed by atoms with van der Waals surface area (Å²) in [6.45, 7) is 9.45. The minimum absolute atomic E-state index is 0.0108. The van der Waals surface area contributed by atoms with E-state index in [9.17, 15) is 5.11 Å². The largest absolute Gasteiger partial charge is 0.393 e. The number of hydrogen-bond donors (Lipinski definition) is 1. The van der Waals surface area contributed by atoms with Crippen molar-refractivity contribution in [2.75, 3.05) is 0 Å². The van der Waals surface area contributed by atoms with E-state index in [2.05, 4.69) is 26.6 Å². The SMILES string of the molecule is CCCC[C@@H](O)[C@@H]1C[C@H]1[Si](C)(C)C. The van der Waals surface area contributed by atoms with Gasteiger partial charge in [-0.05, 0) is 24.3 Å². The first-order chi connectivity index (χ1) is 5.96. The fourth-order valence-corrected chi connectivity index (χ4v) is 4.75. The molecule has 0 spiro atoms. The summed E-state index contributed by atoms with van der Waals surface area (Å²) in [5, 5.41) is 9.88. The third-order valence-electron chi connectivity index (χ3n) is 3.30. The van der Waals surface area contributed by atoms with E-state index < -0.39 is 8.07 Å². The molecule has 0 aromatic heterocycles. The fourth-order valence-electron chi connectivity index (χ4n) is 2.26. The zero-order valence-electron chi connectivity index (χ0n) is 9.51. The van der Waals surface area contributed by atoms with Gasteiger partial charge in [0.05, 0.1) is 6.10 Å². The summed E-state index contributed by atoms with van der Waals surface area (Å²) in [6, 6.07) is 0. The minimum atomic E-state index is -0.949. The molecule has 1 rings (SSSR count). The zero-order chi connectivity index (χ0) is 10.1. The van der Waals surface area contributed by atoms with Gasteiger partial charge in [-0.3, -0.25) is 0 Å². The van der Waals surface area contributed by atoms with Gasteiger partial charge < -0.3 is 5.11 Å². The lowest BCUT2D eigenvalue weighted by molar-refractivity contribution is 0.138. The lowest BCUT2D eigenvalue weighted by Crippen LogP contribution is -2.23. The Morgan fingerprint density at radius 1 is 1.38 bits per heavy atom. The Labute approximate surface area is 83.6 Å². The quantitative estimate of drug-likeness (QED) is 0.675. The van der Waals surface area contributed by atoms with E-state index in [1.54, 1.807) is 0 Å². The van der Waals surface area contributed by atoms with Crippen LogP contribution in [0.25, 0.3) is 0 Å². The molecule has 0 saturated heterocycles. The van der Waals surface area contributed by atoms with Crippen LogP contribution in [-0.4, -0.2) is 19.3 Å². The van der Waals surface area contributed by atoms with Crippen molar-refractivity contribution in [2.24, 2.45) is 5.92 Å². The molecule has 3 atom stereocenters. The van der Waals surface area contributed by atoms with Crippen LogP contribution >= 0.6 is 0 Å². The molecule has 1 aliphatic rings. The monoisotopic (exact) mass is 200 g/mol. The lowest BCUT2D eigenvalue weighted by atomic mass is 10.1. The molecule has 1 fully saturated rings. The van der Waals surface area contributed by atoms with E-state index in [1.807, 2.05) is 0 Å². The number of rotatable bonds is 5. The second kappa shape index (κ2) is 4.14. The van der Waals surface area contributed by atoms with Crippen LogP contribution in [0.15, 0.2) is 0 Å². The van der Waals surface area contributed by atoms with E-state index in [0.717, 1.165) is 12.0 Å². The van der Waals surface area contributed by atoms with E-state index in [1.165, 1.54) is 19.3 Å². The fraction of sp³-hybridized carbons (Fsp3) is 1.00. The highest BCUT2D eigenvalue weighted by Gasteiger charge is 2.49. The molecular weight excluding hydrogens is 176 g/mol.